The minimum atomic E-state index is -0.0634. The molecule has 0 saturated carbocycles. The second-order valence-electron chi connectivity index (χ2n) is 6.77. The van der Waals surface area contributed by atoms with E-state index in [4.69, 9.17) is 4.74 Å². The van der Waals surface area contributed by atoms with E-state index in [9.17, 15) is 9.90 Å². The second-order valence-corrected chi connectivity index (χ2v) is 6.77. The fourth-order valence-electron chi connectivity index (χ4n) is 3.40. The smallest absolute Gasteiger partial charge is 0.321 e. The molecule has 1 saturated heterocycles. The van der Waals surface area contributed by atoms with Gasteiger partial charge in [-0.05, 0) is 61.4 Å². The Morgan fingerprint density at radius 1 is 1.15 bits per heavy atom. The standard InChI is InChI=1S/C21H26N2O3/c1-26-20-5-3-2-4-19(20)22-21(25)23-14-12-17(13-15-23)7-6-16-8-10-18(24)11-9-16/h2-5,8-11,17,24H,6-7,12-15H2,1H3,(H,22,25). The lowest BCUT2D eigenvalue weighted by atomic mass is 9.90. The first-order chi connectivity index (χ1) is 12.7. The number of hydrogen-bond donors (Lipinski definition) is 2. The third-order valence-corrected chi connectivity index (χ3v) is 5.03. The highest BCUT2D eigenvalue weighted by Gasteiger charge is 2.23. The highest BCUT2D eigenvalue weighted by Crippen LogP contribution is 2.26. The number of urea groups is 1. The average Bonchev–Trinajstić information content (AvgIpc) is 2.68. The number of likely N-dealkylation sites (tertiary alicyclic amines) is 1. The van der Waals surface area contributed by atoms with E-state index in [1.165, 1.54) is 5.56 Å². The summed E-state index contributed by atoms with van der Waals surface area (Å²) in [6, 6.07) is 14.8. The van der Waals surface area contributed by atoms with Crippen LogP contribution in [0.25, 0.3) is 0 Å². The van der Waals surface area contributed by atoms with Crippen molar-refractivity contribution in [2.24, 2.45) is 5.92 Å². The van der Waals surface area contributed by atoms with Gasteiger partial charge in [-0.2, -0.15) is 0 Å². The number of phenols is 1. The molecule has 26 heavy (non-hydrogen) atoms. The number of aromatic hydroxyl groups is 1. The Morgan fingerprint density at radius 2 is 1.85 bits per heavy atom. The molecule has 0 radical (unpaired) electrons. The van der Waals surface area contributed by atoms with Crippen LogP contribution in [0.1, 0.15) is 24.8 Å². The molecular weight excluding hydrogens is 328 g/mol. The van der Waals surface area contributed by atoms with Crippen molar-refractivity contribution in [1.82, 2.24) is 4.90 Å². The molecule has 0 bridgehead atoms. The predicted molar refractivity (Wildman–Crippen MR) is 103 cm³/mol. The summed E-state index contributed by atoms with van der Waals surface area (Å²) in [6.07, 6.45) is 4.18. The quantitative estimate of drug-likeness (QED) is 0.842. The second kappa shape index (κ2) is 8.61. The molecule has 2 N–H and O–H groups in total. The Kier molecular flexibility index (Phi) is 6.00. The highest BCUT2D eigenvalue weighted by atomic mass is 16.5. The molecule has 0 aliphatic carbocycles. The van der Waals surface area contributed by atoms with Gasteiger partial charge in [-0.1, -0.05) is 24.3 Å². The molecule has 2 aromatic carbocycles. The number of aryl methyl sites for hydroxylation is 1. The summed E-state index contributed by atoms with van der Waals surface area (Å²) in [5, 5.41) is 12.3. The van der Waals surface area contributed by atoms with Gasteiger partial charge in [-0.15, -0.1) is 0 Å². The summed E-state index contributed by atoms with van der Waals surface area (Å²) in [7, 11) is 1.60. The number of amides is 2. The van der Waals surface area contributed by atoms with Gasteiger partial charge in [0.2, 0.25) is 0 Å². The van der Waals surface area contributed by atoms with Gasteiger partial charge in [-0.3, -0.25) is 0 Å². The van der Waals surface area contributed by atoms with E-state index in [1.807, 2.05) is 41.3 Å². The Hall–Kier alpha value is -2.69. The van der Waals surface area contributed by atoms with Crippen LogP contribution in [0.2, 0.25) is 0 Å². The Morgan fingerprint density at radius 3 is 2.54 bits per heavy atom. The summed E-state index contributed by atoms with van der Waals surface area (Å²) >= 11 is 0. The van der Waals surface area contributed by atoms with Crippen LogP contribution in [0.3, 0.4) is 0 Å². The van der Waals surface area contributed by atoms with Crippen molar-refractivity contribution < 1.29 is 14.6 Å². The molecule has 2 amide bonds. The molecule has 0 atom stereocenters. The number of carbonyl (C=O) groups excluding carboxylic acids is 1. The lowest BCUT2D eigenvalue weighted by Crippen LogP contribution is -2.41. The van der Waals surface area contributed by atoms with Gasteiger partial charge in [0.25, 0.3) is 0 Å². The zero-order chi connectivity index (χ0) is 18.4. The number of benzene rings is 2. The number of piperidine rings is 1. The highest BCUT2D eigenvalue weighted by molar-refractivity contribution is 5.91. The zero-order valence-corrected chi connectivity index (χ0v) is 15.1. The summed E-state index contributed by atoms with van der Waals surface area (Å²) in [5.41, 5.74) is 1.95. The maximum Gasteiger partial charge on any atom is 0.321 e. The molecule has 2 aromatic rings. The molecule has 5 heteroatoms. The number of para-hydroxylation sites is 2. The van der Waals surface area contributed by atoms with Gasteiger partial charge < -0.3 is 20.1 Å². The van der Waals surface area contributed by atoms with Gasteiger partial charge in [0.15, 0.2) is 0 Å². The first-order valence-corrected chi connectivity index (χ1v) is 9.12. The molecule has 5 nitrogen and oxygen atoms in total. The van der Waals surface area contributed by atoms with E-state index >= 15 is 0 Å². The molecule has 0 unspecified atom stereocenters. The first-order valence-electron chi connectivity index (χ1n) is 9.12. The van der Waals surface area contributed by atoms with Gasteiger partial charge in [0.1, 0.15) is 11.5 Å². The van der Waals surface area contributed by atoms with Crippen LogP contribution in [0.5, 0.6) is 11.5 Å². The maximum atomic E-state index is 12.5. The van der Waals surface area contributed by atoms with E-state index < -0.39 is 0 Å². The van der Waals surface area contributed by atoms with Crippen LogP contribution in [0.4, 0.5) is 10.5 Å². The van der Waals surface area contributed by atoms with Crippen molar-refractivity contribution in [3.8, 4) is 11.5 Å². The Bertz CT molecular complexity index is 722. The van der Waals surface area contributed by atoms with Gasteiger partial charge >= 0.3 is 6.03 Å². The van der Waals surface area contributed by atoms with Crippen LogP contribution in [0.15, 0.2) is 48.5 Å². The zero-order valence-electron chi connectivity index (χ0n) is 15.1. The number of rotatable bonds is 5. The number of carbonyl (C=O) groups is 1. The number of anilines is 1. The normalized spacial score (nSPS) is 14.9. The molecule has 3 rings (SSSR count). The molecule has 1 heterocycles. The minimum Gasteiger partial charge on any atom is -0.508 e. The van der Waals surface area contributed by atoms with Crippen LogP contribution in [-0.2, 0) is 6.42 Å². The van der Waals surface area contributed by atoms with Gasteiger partial charge in [-0.25, -0.2) is 4.79 Å². The SMILES string of the molecule is COc1ccccc1NC(=O)N1CCC(CCc2ccc(O)cc2)CC1. The average molecular weight is 354 g/mol. The van der Waals surface area contributed by atoms with Crippen LogP contribution < -0.4 is 10.1 Å². The molecule has 0 spiro atoms. The van der Waals surface area contributed by atoms with E-state index in [-0.39, 0.29) is 6.03 Å². The summed E-state index contributed by atoms with van der Waals surface area (Å²) < 4.78 is 5.28. The van der Waals surface area contributed by atoms with Crippen molar-refractivity contribution in [1.29, 1.82) is 0 Å². The van der Waals surface area contributed by atoms with Crippen molar-refractivity contribution in [3.63, 3.8) is 0 Å². The number of methoxy groups -OCH3 is 1. The lowest BCUT2D eigenvalue weighted by Gasteiger charge is -2.32. The summed E-state index contributed by atoms with van der Waals surface area (Å²) in [6.45, 7) is 1.56. The van der Waals surface area contributed by atoms with Crippen molar-refractivity contribution >= 4 is 11.7 Å². The number of hydrogen-bond acceptors (Lipinski definition) is 3. The topological polar surface area (TPSA) is 61.8 Å². The first kappa shape index (κ1) is 18.1. The van der Waals surface area contributed by atoms with E-state index in [0.717, 1.165) is 38.8 Å². The van der Waals surface area contributed by atoms with Crippen LogP contribution in [-0.4, -0.2) is 36.2 Å². The minimum absolute atomic E-state index is 0.0634. The van der Waals surface area contributed by atoms with E-state index in [0.29, 0.717) is 23.1 Å². The van der Waals surface area contributed by atoms with Crippen molar-refractivity contribution in [2.75, 3.05) is 25.5 Å². The third-order valence-electron chi connectivity index (χ3n) is 5.03. The number of phenolic OH excluding ortho intramolecular Hbond substituents is 1. The number of ether oxygens (including phenoxy) is 1. The molecule has 1 aliphatic rings. The van der Waals surface area contributed by atoms with Gasteiger partial charge in [0.05, 0.1) is 12.8 Å². The number of nitrogens with zero attached hydrogens (tertiary/aromatic N) is 1. The van der Waals surface area contributed by atoms with Gasteiger partial charge in [0, 0.05) is 13.1 Å². The van der Waals surface area contributed by atoms with E-state index in [1.54, 1.807) is 19.2 Å². The third kappa shape index (κ3) is 4.69. The largest absolute Gasteiger partial charge is 0.508 e. The van der Waals surface area contributed by atoms with Crippen molar-refractivity contribution in [3.05, 3.63) is 54.1 Å². The monoisotopic (exact) mass is 354 g/mol. The molecular formula is C21H26N2O3. The fraction of sp³-hybridized carbons (Fsp3) is 0.381. The molecule has 1 aliphatic heterocycles. The van der Waals surface area contributed by atoms with E-state index in [2.05, 4.69) is 5.32 Å². The summed E-state index contributed by atoms with van der Waals surface area (Å²) in [4.78, 5) is 14.4. The predicted octanol–water partition coefficient (Wildman–Crippen LogP) is 4.28. The number of nitrogens with one attached hydrogen (secondary N) is 1. The summed E-state index contributed by atoms with van der Waals surface area (Å²) in [5.74, 6) is 1.62. The Labute approximate surface area is 154 Å². The lowest BCUT2D eigenvalue weighted by molar-refractivity contribution is 0.180. The molecule has 138 valence electrons. The fourth-order valence-corrected chi connectivity index (χ4v) is 3.40. The van der Waals surface area contributed by atoms with Crippen LogP contribution in [0, 0.1) is 5.92 Å². The maximum absolute atomic E-state index is 12.5. The Balaban J connectivity index is 1.45. The molecule has 0 aromatic heterocycles. The van der Waals surface area contributed by atoms with Crippen molar-refractivity contribution in [2.45, 2.75) is 25.7 Å². The van der Waals surface area contributed by atoms with Crippen LogP contribution >= 0.6 is 0 Å². The molecule has 1 fully saturated rings.